The van der Waals surface area contributed by atoms with E-state index in [1.54, 1.807) is 29.0 Å². The molecule has 7 nitrogen and oxygen atoms in total. The maximum atomic E-state index is 13.1. The van der Waals surface area contributed by atoms with Crippen LogP contribution in [0.5, 0.6) is 0 Å². The number of nitrogens with one attached hydrogen (secondary N) is 1. The van der Waals surface area contributed by atoms with Crippen molar-refractivity contribution in [2.24, 2.45) is 0 Å². The van der Waals surface area contributed by atoms with E-state index in [1.165, 1.54) is 0 Å². The van der Waals surface area contributed by atoms with Crippen LogP contribution in [0.25, 0.3) is 11.0 Å². The summed E-state index contributed by atoms with van der Waals surface area (Å²) in [5.41, 5.74) is 1.69. The van der Waals surface area contributed by atoms with Gasteiger partial charge in [0.05, 0.1) is 29.7 Å². The van der Waals surface area contributed by atoms with Gasteiger partial charge in [0.15, 0.2) is 0 Å². The summed E-state index contributed by atoms with van der Waals surface area (Å²) in [6.45, 7) is 1.44. The van der Waals surface area contributed by atoms with Crippen molar-refractivity contribution in [2.75, 3.05) is 18.0 Å². The summed E-state index contributed by atoms with van der Waals surface area (Å²) in [4.78, 5) is 22.7. The van der Waals surface area contributed by atoms with Gasteiger partial charge in [0.2, 0.25) is 5.95 Å². The van der Waals surface area contributed by atoms with Crippen LogP contribution in [0.4, 0.5) is 5.95 Å². The van der Waals surface area contributed by atoms with Crippen LogP contribution in [0.1, 0.15) is 24.0 Å². The molecule has 2 N–H and O–H groups in total. The first-order valence-electron chi connectivity index (χ1n) is 8.66. The number of β-amino-alcohol motifs (C(OH)–C–C–N with tert-alkyl or cyclic N) is 1. The third-order valence-electron chi connectivity index (χ3n) is 4.80. The zero-order chi connectivity index (χ0) is 18.1. The maximum Gasteiger partial charge on any atom is 0.264 e. The fourth-order valence-corrected chi connectivity index (χ4v) is 3.48. The molecule has 1 aromatic carbocycles. The number of rotatable bonds is 3. The zero-order valence-corrected chi connectivity index (χ0v) is 14.2. The number of H-pyrrole nitrogens is 1. The summed E-state index contributed by atoms with van der Waals surface area (Å²) in [7, 11) is 0. The van der Waals surface area contributed by atoms with Crippen molar-refractivity contribution < 1.29 is 5.11 Å². The number of nitriles is 1. The summed E-state index contributed by atoms with van der Waals surface area (Å²) in [5, 5.41) is 19.9. The van der Waals surface area contributed by atoms with Crippen LogP contribution in [-0.4, -0.2) is 38.8 Å². The van der Waals surface area contributed by atoms with Crippen LogP contribution in [0, 0.1) is 11.3 Å². The lowest BCUT2D eigenvalue weighted by atomic mass is 10.1. The third-order valence-corrected chi connectivity index (χ3v) is 4.80. The number of hydrogen-bond acceptors (Lipinski definition) is 5. The number of aromatic nitrogens is 3. The van der Waals surface area contributed by atoms with Crippen molar-refractivity contribution >= 4 is 17.0 Å². The van der Waals surface area contributed by atoms with Gasteiger partial charge in [-0.25, -0.2) is 0 Å². The van der Waals surface area contributed by atoms with Gasteiger partial charge in [-0.1, -0.05) is 18.2 Å². The van der Waals surface area contributed by atoms with Crippen LogP contribution in [-0.2, 0) is 6.54 Å². The molecule has 1 unspecified atom stereocenters. The van der Waals surface area contributed by atoms with E-state index in [2.05, 4.69) is 16.0 Å². The Morgan fingerprint density at radius 1 is 1.35 bits per heavy atom. The number of aromatic amines is 1. The molecule has 1 aliphatic heterocycles. The van der Waals surface area contributed by atoms with E-state index >= 15 is 0 Å². The minimum Gasteiger partial charge on any atom is -0.391 e. The molecule has 1 fully saturated rings. The summed E-state index contributed by atoms with van der Waals surface area (Å²) in [6, 6.07) is 11.1. The number of aliphatic hydroxyl groups excluding tert-OH is 1. The SMILES string of the molecule is N#Cc1ccccc1Cn1c(N2CCCC(O)C2)nc2[nH]ccc2c1=O. The first kappa shape index (κ1) is 16.4. The van der Waals surface area contributed by atoms with Crippen molar-refractivity contribution in [1.29, 1.82) is 5.26 Å². The summed E-state index contributed by atoms with van der Waals surface area (Å²) in [5.74, 6) is 0.524. The molecule has 0 bridgehead atoms. The predicted molar refractivity (Wildman–Crippen MR) is 98.1 cm³/mol. The molecule has 3 aromatic rings. The standard InChI is InChI=1S/C19H19N5O2/c20-10-13-4-1-2-5-14(13)11-24-18(26)16-7-8-21-17(16)22-19(24)23-9-3-6-15(25)12-23/h1-2,4-5,7-8,15,21,25H,3,6,9,11-12H2. The minimum atomic E-state index is -0.431. The van der Waals surface area contributed by atoms with Gasteiger partial charge in [-0.2, -0.15) is 10.2 Å². The molecule has 4 rings (SSSR count). The third kappa shape index (κ3) is 2.85. The Balaban J connectivity index is 1.86. The molecule has 7 heteroatoms. The highest BCUT2D eigenvalue weighted by atomic mass is 16.3. The van der Waals surface area contributed by atoms with E-state index in [0.29, 0.717) is 29.1 Å². The van der Waals surface area contributed by atoms with Crippen LogP contribution in [0.15, 0.2) is 41.3 Å². The number of anilines is 1. The van der Waals surface area contributed by atoms with E-state index in [1.807, 2.05) is 17.0 Å². The Kier molecular flexibility index (Phi) is 4.19. The molecule has 0 saturated carbocycles. The van der Waals surface area contributed by atoms with Gasteiger partial charge in [0.25, 0.3) is 5.56 Å². The Morgan fingerprint density at radius 3 is 3.00 bits per heavy atom. The fraction of sp³-hybridized carbons (Fsp3) is 0.316. The molecule has 26 heavy (non-hydrogen) atoms. The van der Waals surface area contributed by atoms with E-state index in [9.17, 15) is 15.2 Å². The van der Waals surface area contributed by atoms with Crippen molar-refractivity contribution in [3.05, 3.63) is 58.0 Å². The van der Waals surface area contributed by atoms with Crippen LogP contribution in [0.3, 0.4) is 0 Å². The smallest absolute Gasteiger partial charge is 0.264 e. The van der Waals surface area contributed by atoms with E-state index < -0.39 is 6.10 Å². The molecule has 2 aromatic heterocycles. The van der Waals surface area contributed by atoms with Gasteiger partial charge < -0.3 is 15.0 Å². The van der Waals surface area contributed by atoms with E-state index in [-0.39, 0.29) is 12.1 Å². The number of aliphatic hydroxyl groups is 1. The molecule has 0 spiro atoms. The average molecular weight is 349 g/mol. The molecule has 0 amide bonds. The topological polar surface area (TPSA) is 97.9 Å². The van der Waals surface area contributed by atoms with Crippen molar-refractivity contribution in [1.82, 2.24) is 14.5 Å². The Bertz CT molecular complexity index is 1050. The lowest BCUT2D eigenvalue weighted by Crippen LogP contribution is -2.42. The summed E-state index contributed by atoms with van der Waals surface area (Å²) < 4.78 is 1.60. The molecular formula is C19H19N5O2. The van der Waals surface area contributed by atoms with Gasteiger partial charge in [0, 0.05) is 19.3 Å². The minimum absolute atomic E-state index is 0.154. The summed E-state index contributed by atoms with van der Waals surface area (Å²) in [6.07, 6.45) is 2.86. The molecule has 1 atom stereocenters. The molecular weight excluding hydrogens is 330 g/mol. The van der Waals surface area contributed by atoms with Gasteiger partial charge in [-0.15, -0.1) is 0 Å². The molecule has 0 aliphatic carbocycles. The largest absolute Gasteiger partial charge is 0.391 e. The lowest BCUT2D eigenvalue weighted by molar-refractivity contribution is 0.153. The maximum absolute atomic E-state index is 13.1. The number of piperidine rings is 1. The molecule has 1 saturated heterocycles. The van der Waals surface area contributed by atoms with Crippen LogP contribution in [0.2, 0.25) is 0 Å². The fourth-order valence-electron chi connectivity index (χ4n) is 3.48. The molecule has 1 aliphatic rings. The Hall–Kier alpha value is -3.11. The van der Waals surface area contributed by atoms with Crippen molar-refractivity contribution in [3.8, 4) is 6.07 Å². The zero-order valence-electron chi connectivity index (χ0n) is 14.2. The number of hydrogen-bond donors (Lipinski definition) is 2. The average Bonchev–Trinajstić information content (AvgIpc) is 3.13. The molecule has 0 radical (unpaired) electrons. The lowest BCUT2D eigenvalue weighted by Gasteiger charge is -2.32. The van der Waals surface area contributed by atoms with Gasteiger partial charge >= 0.3 is 0 Å². The Labute approximate surface area is 150 Å². The highest BCUT2D eigenvalue weighted by Crippen LogP contribution is 2.21. The number of benzene rings is 1. The second kappa shape index (κ2) is 6.65. The van der Waals surface area contributed by atoms with E-state index in [0.717, 1.165) is 24.9 Å². The quantitative estimate of drug-likeness (QED) is 0.748. The number of fused-ring (bicyclic) bond motifs is 1. The first-order chi connectivity index (χ1) is 12.7. The van der Waals surface area contributed by atoms with Crippen LogP contribution < -0.4 is 10.5 Å². The second-order valence-electron chi connectivity index (χ2n) is 6.55. The second-order valence-corrected chi connectivity index (χ2v) is 6.55. The summed E-state index contributed by atoms with van der Waals surface area (Å²) >= 11 is 0. The van der Waals surface area contributed by atoms with E-state index in [4.69, 9.17) is 0 Å². The highest BCUT2D eigenvalue weighted by Gasteiger charge is 2.23. The predicted octanol–water partition coefficient (Wildman–Crippen LogP) is 1.61. The van der Waals surface area contributed by atoms with Gasteiger partial charge in [-0.3, -0.25) is 9.36 Å². The molecule has 132 valence electrons. The Morgan fingerprint density at radius 2 is 2.19 bits per heavy atom. The highest BCUT2D eigenvalue weighted by molar-refractivity contribution is 5.75. The normalized spacial score (nSPS) is 17.4. The van der Waals surface area contributed by atoms with Gasteiger partial charge in [0.1, 0.15) is 5.65 Å². The van der Waals surface area contributed by atoms with Crippen LogP contribution >= 0.6 is 0 Å². The number of nitrogens with zero attached hydrogens (tertiary/aromatic N) is 4. The molecule has 3 heterocycles. The van der Waals surface area contributed by atoms with Crippen molar-refractivity contribution in [2.45, 2.75) is 25.5 Å². The monoisotopic (exact) mass is 349 g/mol. The van der Waals surface area contributed by atoms with Gasteiger partial charge in [-0.05, 0) is 30.5 Å². The van der Waals surface area contributed by atoms with Crippen molar-refractivity contribution in [3.63, 3.8) is 0 Å². The first-order valence-corrected chi connectivity index (χ1v) is 8.66.